The molecule has 2 atom stereocenters. The molecule has 0 rings (SSSR count). The van der Waals surface area contributed by atoms with Crippen LogP contribution in [0.4, 0.5) is 0 Å². The number of hydrogen-bond acceptors (Lipinski definition) is 5. The number of esters is 1. The molecule has 390 valence electrons. The molecule has 0 spiro atoms. The molecule has 0 aromatic rings. The summed E-state index contributed by atoms with van der Waals surface area (Å²) in [6, 6.07) is -0.636. The number of carbonyl (C=O) groups is 2. The summed E-state index contributed by atoms with van der Waals surface area (Å²) >= 11 is 0. The summed E-state index contributed by atoms with van der Waals surface area (Å²) in [5.41, 5.74) is 0. The lowest BCUT2D eigenvalue weighted by molar-refractivity contribution is -0.143. The summed E-state index contributed by atoms with van der Waals surface area (Å²) in [7, 11) is 0. The molecule has 0 radical (unpaired) electrons. The lowest BCUT2D eigenvalue weighted by Gasteiger charge is -2.20. The number of rotatable bonds is 55. The first kappa shape index (κ1) is 64.3. The topological polar surface area (TPSA) is 95.9 Å². The highest BCUT2D eigenvalue weighted by atomic mass is 16.5. The Morgan fingerprint density at radius 1 is 0.409 bits per heavy atom. The third-order valence-corrected chi connectivity index (χ3v) is 13.7. The quantitative estimate of drug-likeness (QED) is 0.0321. The van der Waals surface area contributed by atoms with Crippen LogP contribution in [0.2, 0.25) is 0 Å². The third kappa shape index (κ3) is 51.7. The molecule has 3 N–H and O–H groups in total. The molecule has 0 fully saturated rings. The molecule has 6 nitrogen and oxygen atoms in total. The lowest BCUT2D eigenvalue weighted by Crippen LogP contribution is -2.45. The van der Waals surface area contributed by atoms with E-state index in [1.54, 1.807) is 6.08 Å². The summed E-state index contributed by atoms with van der Waals surface area (Å²) in [5.74, 6) is -0.0827. The molecule has 0 aromatic carbocycles. The molecule has 0 aliphatic carbocycles. The minimum absolute atomic E-state index is 0.00630. The molecule has 0 saturated heterocycles. The molecule has 0 aromatic heterocycles. The van der Waals surface area contributed by atoms with E-state index in [1.165, 1.54) is 238 Å². The normalized spacial score (nSPS) is 12.7. The number of nitrogens with one attached hydrogen (secondary N) is 1. The smallest absolute Gasteiger partial charge is 0.305 e. The zero-order chi connectivity index (χ0) is 47.9. The van der Waals surface area contributed by atoms with Gasteiger partial charge in [0.1, 0.15) is 0 Å². The summed E-state index contributed by atoms with van der Waals surface area (Å²) in [6.45, 7) is 4.89. The van der Waals surface area contributed by atoms with Gasteiger partial charge >= 0.3 is 5.97 Å². The fourth-order valence-corrected chi connectivity index (χ4v) is 9.16. The maximum Gasteiger partial charge on any atom is 0.305 e. The number of hydrogen-bond donors (Lipinski definition) is 3. The predicted octanol–water partition coefficient (Wildman–Crippen LogP) is 18.2. The Balaban J connectivity index is 3.46. The second kappa shape index (κ2) is 55.9. The van der Waals surface area contributed by atoms with Crippen LogP contribution in [-0.2, 0) is 14.3 Å². The Morgan fingerprint density at radius 3 is 1.08 bits per heavy atom. The van der Waals surface area contributed by atoms with Gasteiger partial charge in [-0.2, -0.15) is 0 Å². The zero-order valence-corrected chi connectivity index (χ0v) is 44.4. The van der Waals surface area contributed by atoms with Crippen LogP contribution in [0.3, 0.4) is 0 Å². The largest absolute Gasteiger partial charge is 0.466 e. The first-order valence-corrected chi connectivity index (χ1v) is 29.6. The van der Waals surface area contributed by atoms with Crippen LogP contribution in [-0.4, -0.2) is 47.4 Å². The van der Waals surface area contributed by atoms with E-state index in [0.717, 1.165) is 57.8 Å². The fraction of sp³-hybridized carbons (Fsp3) is 0.900. The second-order valence-electron chi connectivity index (χ2n) is 20.3. The maximum atomic E-state index is 12.5. The van der Waals surface area contributed by atoms with Crippen molar-refractivity contribution in [1.29, 1.82) is 0 Å². The molecular weight excluding hydrogens is 815 g/mol. The van der Waals surface area contributed by atoms with E-state index in [9.17, 15) is 19.8 Å². The molecule has 1 amide bonds. The van der Waals surface area contributed by atoms with E-state index in [0.29, 0.717) is 19.4 Å². The Morgan fingerprint density at radius 2 is 0.712 bits per heavy atom. The van der Waals surface area contributed by atoms with Crippen LogP contribution in [0.5, 0.6) is 0 Å². The second-order valence-corrected chi connectivity index (χ2v) is 20.3. The van der Waals surface area contributed by atoms with Crippen molar-refractivity contribution in [2.75, 3.05) is 13.2 Å². The summed E-state index contributed by atoms with van der Waals surface area (Å²) in [6.07, 6.45) is 67.7. The SMILES string of the molecule is CCCCCCCC/C=C\CCCCCCCCCC(=O)OCCCCCCCCCCCCCCCCC(=O)NC(CO)C(O)/C=C/CCCCCCCCCCCCCCCCCC. The molecule has 0 aliphatic rings. The van der Waals surface area contributed by atoms with Crippen molar-refractivity contribution in [2.45, 2.75) is 334 Å². The van der Waals surface area contributed by atoms with Crippen LogP contribution in [0.1, 0.15) is 322 Å². The van der Waals surface area contributed by atoms with Gasteiger partial charge in [0.15, 0.2) is 0 Å². The highest BCUT2D eigenvalue weighted by Crippen LogP contribution is 2.17. The van der Waals surface area contributed by atoms with Crippen molar-refractivity contribution < 1.29 is 24.5 Å². The van der Waals surface area contributed by atoms with Crippen molar-refractivity contribution in [3.05, 3.63) is 24.3 Å². The van der Waals surface area contributed by atoms with Gasteiger partial charge in [-0.05, 0) is 57.8 Å². The number of unbranched alkanes of at least 4 members (excludes halogenated alkanes) is 42. The van der Waals surface area contributed by atoms with Gasteiger partial charge in [-0.1, -0.05) is 276 Å². The highest BCUT2D eigenvalue weighted by Gasteiger charge is 2.18. The van der Waals surface area contributed by atoms with E-state index in [2.05, 4.69) is 31.3 Å². The van der Waals surface area contributed by atoms with Crippen molar-refractivity contribution in [3.63, 3.8) is 0 Å². The van der Waals surface area contributed by atoms with Crippen LogP contribution in [0.25, 0.3) is 0 Å². The zero-order valence-electron chi connectivity index (χ0n) is 44.4. The molecular formula is C60H115NO5. The lowest BCUT2D eigenvalue weighted by atomic mass is 10.0. The number of aliphatic hydroxyl groups excluding tert-OH is 2. The van der Waals surface area contributed by atoms with Crippen LogP contribution in [0, 0.1) is 0 Å². The van der Waals surface area contributed by atoms with E-state index < -0.39 is 12.1 Å². The number of allylic oxidation sites excluding steroid dienone is 3. The fourth-order valence-electron chi connectivity index (χ4n) is 9.16. The van der Waals surface area contributed by atoms with Crippen LogP contribution >= 0.6 is 0 Å². The summed E-state index contributed by atoms with van der Waals surface area (Å²) in [4.78, 5) is 24.5. The average molecular weight is 931 g/mol. The Hall–Kier alpha value is -1.66. The van der Waals surface area contributed by atoms with Gasteiger partial charge in [-0.25, -0.2) is 0 Å². The maximum absolute atomic E-state index is 12.5. The van der Waals surface area contributed by atoms with Crippen LogP contribution in [0.15, 0.2) is 24.3 Å². The van der Waals surface area contributed by atoms with E-state index >= 15 is 0 Å². The summed E-state index contributed by atoms with van der Waals surface area (Å²) in [5, 5.41) is 23.1. The molecule has 0 saturated carbocycles. The van der Waals surface area contributed by atoms with Crippen LogP contribution < -0.4 is 5.32 Å². The monoisotopic (exact) mass is 930 g/mol. The standard InChI is InChI=1S/C60H115NO5/c1-3-5-7-9-11-13-15-17-19-21-23-24-28-32-36-40-44-48-52-58(63)57(56-62)61-59(64)53-49-45-41-37-33-29-26-27-31-35-39-43-47-51-55-66-60(65)54-50-46-42-38-34-30-25-22-20-18-16-14-12-10-8-6-4-2/h18,20,48,52,57-58,62-63H,3-17,19,21-47,49-51,53-56H2,1-2H3,(H,61,64)/b20-18-,52-48+. The Labute approximate surface area is 411 Å². The predicted molar refractivity (Wildman–Crippen MR) is 287 cm³/mol. The van der Waals surface area contributed by atoms with Gasteiger partial charge in [-0.15, -0.1) is 0 Å². The molecule has 6 heteroatoms. The number of carbonyl (C=O) groups excluding carboxylic acids is 2. The molecule has 0 aliphatic heterocycles. The Kier molecular flexibility index (Phi) is 54.5. The number of ether oxygens (including phenoxy) is 1. The summed E-state index contributed by atoms with van der Waals surface area (Å²) < 4.78 is 5.48. The third-order valence-electron chi connectivity index (χ3n) is 13.7. The number of amides is 1. The highest BCUT2D eigenvalue weighted by molar-refractivity contribution is 5.76. The van der Waals surface area contributed by atoms with Gasteiger partial charge in [0.05, 0.1) is 25.4 Å². The van der Waals surface area contributed by atoms with Gasteiger partial charge in [0, 0.05) is 12.8 Å². The minimum Gasteiger partial charge on any atom is -0.466 e. The first-order valence-electron chi connectivity index (χ1n) is 29.6. The van der Waals surface area contributed by atoms with Crippen molar-refractivity contribution >= 4 is 11.9 Å². The molecule has 0 heterocycles. The number of aliphatic hydroxyl groups is 2. The minimum atomic E-state index is -0.852. The van der Waals surface area contributed by atoms with Crippen molar-refractivity contribution in [1.82, 2.24) is 5.32 Å². The first-order chi connectivity index (χ1) is 32.5. The van der Waals surface area contributed by atoms with E-state index in [4.69, 9.17) is 4.74 Å². The van der Waals surface area contributed by atoms with E-state index in [1.807, 2.05) is 6.08 Å². The van der Waals surface area contributed by atoms with E-state index in [-0.39, 0.29) is 18.5 Å². The average Bonchev–Trinajstić information content (AvgIpc) is 3.32. The van der Waals surface area contributed by atoms with Gasteiger partial charge in [0.25, 0.3) is 0 Å². The molecule has 66 heavy (non-hydrogen) atoms. The van der Waals surface area contributed by atoms with Gasteiger partial charge < -0.3 is 20.3 Å². The van der Waals surface area contributed by atoms with Crippen molar-refractivity contribution in [2.24, 2.45) is 0 Å². The Bertz CT molecular complexity index is 1030. The van der Waals surface area contributed by atoms with Crippen molar-refractivity contribution in [3.8, 4) is 0 Å². The molecule has 0 bridgehead atoms. The van der Waals surface area contributed by atoms with Gasteiger partial charge in [-0.3, -0.25) is 9.59 Å². The molecule has 2 unspecified atom stereocenters. The van der Waals surface area contributed by atoms with Gasteiger partial charge in [0.2, 0.25) is 5.91 Å².